The van der Waals surface area contributed by atoms with Gasteiger partial charge in [-0.25, -0.2) is 13.2 Å². The van der Waals surface area contributed by atoms with Crippen molar-refractivity contribution in [1.29, 1.82) is 0 Å². The lowest BCUT2D eigenvalue weighted by Gasteiger charge is -2.10. The number of carbonyl (C=O) groups excluding carboxylic acids is 2. The zero-order valence-corrected chi connectivity index (χ0v) is 15.2. The summed E-state index contributed by atoms with van der Waals surface area (Å²) in [6, 6.07) is 10.6. The maximum atomic E-state index is 12.2. The summed E-state index contributed by atoms with van der Waals surface area (Å²) in [5.74, 6) is -0.528. The van der Waals surface area contributed by atoms with Crippen molar-refractivity contribution < 1.29 is 32.2 Å². The van der Waals surface area contributed by atoms with Crippen molar-refractivity contribution in [3.63, 3.8) is 0 Å². The Bertz CT molecular complexity index is 985. The van der Waals surface area contributed by atoms with Crippen molar-refractivity contribution in [3.05, 3.63) is 48.0 Å². The molecule has 0 atom stereocenters. The molecule has 1 aliphatic rings. The van der Waals surface area contributed by atoms with Crippen LogP contribution in [0.5, 0.6) is 11.5 Å². The first-order valence-corrected chi connectivity index (χ1v) is 9.74. The van der Waals surface area contributed by atoms with Crippen LogP contribution < -0.4 is 14.8 Å². The monoisotopic (exact) mass is 391 g/mol. The van der Waals surface area contributed by atoms with Gasteiger partial charge in [-0.1, -0.05) is 19.1 Å². The Kier molecular flexibility index (Phi) is 5.31. The van der Waals surface area contributed by atoms with Crippen LogP contribution >= 0.6 is 0 Å². The summed E-state index contributed by atoms with van der Waals surface area (Å²) < 4.78 is 39.5. The van der Waals surface area contributed by atoms with Crippen LogP contribution in [-0.2, 0) is 19.4 Å². The normalized spacial score (nSPS) is 12.5. The highest BCUT2D eigenvalue weighted by Gasteiger charge is 2.22. The van der Waals surface area contributed by atoms with Gasteiger partial charge in [0.2, 0.25) is 6.79 Å². The summed E-state index contributed by atoms with van der Waals surface area (Å²) in [6.45, 7) is 1.04. The molecule has 1 amide bonds. The molecule has 0 saturated carbocycles. The van der Waals surface area contributed by atoms with Crippen LogP contribution in [0.3, 0.4) is 0 Å². The molecule has 142 valence electrons. The molecule has 2 aromatic carbocycles. The van der Waals surface area contributed by atoms with E-state index >= 15 is 0 Å². The van der Waals surface area contributed by atoms with E-state index in [1.807, 2.05) is 0 Å². The Labute approximate surface area is 156 Å². The summed E-state index contributed by atoms with van der Waals surface area (Å²) in [7, 11) is -3.59. The third-order valence-corrected chi connectivity index (χ3v) is 5.60. The number of anilines is 1. The van der Waals surface area contributed by atoms with E-state index in [1.165, 1.54) is 31.2 Å². The molecular weight excluding hydrogens is 374 g/mol. The third-order valence-electron chi connectivity index (χ3n) is 3.81. The molecule has 0 radical (unpaired) electrons. The fourth-order valence-electron chi connectivity index (χ4n) is 2.44. The first-order valence-electron chi connectivity index (χ1n) is 8.09. The molecule has 0 bridgehead atoms. The third kappa shape index (κ3) is 4.20. The smallest absolute Gasteiger partial charge is 0.339 e. The lowest BCUT2D eigenvalue weighted by molar-refractivity contribution is -0.119. The van der Waals surface area contributed by atoms with Gasteiger partial charge >= 0.3 is 5.97 Å². The van der Waals surface area contributed by atoms with Crippen molar-refractivity contribution in [2.24, 2.45) is 0 Å². The molecule has 9 heteroatoms. The number of amides is 1. The number of hydrogen-bond acceptors (Lipinski definition) is 7. The predicted octanol–water partition coefficient (Wildman–Crippen LogP) is 2.00. The highest BCUT2D eigenvalue weighted by Crippen LogP contribution is 2.34. The van der Waals surface area contributed by atoms with Crippen LogP contribution in [0.1, 0.15) is 17.3 Å². The molecule has 3 rings (SSSR count). The predicted molar refractivity (Wildman–Crippen MR) is 95.6 cm³/mol. The van der Waals surface area contributed by atoms with Crippen molar-refractivity contribution >= 4 is 27.4 Å². The van der Waals surface area contributed by atoms with Crippen molar-refractivity contribution in [2.75, 3.05) is 24.5 Å². The molecular formula is C18H17NO7S. The molecule has 0 aliphatic carbocycles. The van der Waals surface area contributed by atoms with Gasteiger partial charge in [-0.15, -0.1) is 0 Å². The number of ether oxygens (including phenoxy) is 3. The van der Waals surface area contributed by atoms with Crippen LogP contribution in [0.2, 0.25) is 0 Å². The Morgan fingerprint density at radius 3 is 2.63 bits per heavy atom. The van der Waals surface area contributed by atoms with Crippen LogP contribution in [0.15, 0.2) is 47.4 Å². The Morgan fingerprint density at radius 1 is 1.11 bits per heavy atom. The van der Waals surface area contributed by atoms with Crippen LogP contribution in [0.25, 0.3) is 0 Å². The SMILES string of the molecule is CCS(=O)(=O)c1ccccc1C(=O)OCC(=O)Nc1ccc2c(c1)OCO2. The number of fused-ring (bicyclic) bond motifs is 1. The number of carbonyl (C=O) groups is 2. The molecule has 1 N–H and O–H groups in total. The molecule has 0 spiro atoms. The van der Waals surface area contributed by atoms with Gasteiger partial charge in [-0.3, -0.25) is 4.79 Å². The lowest BCUT2D eigenvalue weighted by atomic mass is 10.2. The molecule has 8 nitrogen and oxygen atoms in total. The number of nitrogens with one attached hydrogen (secondary N) is 1. The van der Waals surface area contributed by atoms with Crippen LogP contribution in [0, 0.1) is 0 Å². The van der Waals surface area contributed by atoms with Gasteiger partial charge in [0.15, 0.2) is 27.9 Å². The fourth-order valence-corrected chi connectivity index (χ4v) is 3.53. The largest absolute Gasteiger partial charge is 0.454 e. The number of benzene rings is 2. The van der Waals surface area contributed by atoms with E-state index in [9.17, 15) is 18.0 Å². The second-order valence-corrected chi connectivity index (χ2v) is 7.84. The van der Waals surface area contributed by atoms with E-state index in [0.29, 0.717) is 17.2 Å². The summed E-state index contributed by atoms with van der Waals surface area (Å²) >= 11 is 0. The van der Waals surface area contributed by atoms with E-state index in [1.54, 1.807) is 18.2 Å². The fraction of sp³-hybridized carbons (Fsp3) is 0.222. The lowest BCUT2D eigenvalue weighted by Crippen LogP contribution is -2.22. The average molecular weight is 391 g/mol. The molecule has 0 aromatic heterocycles. The Hall–Kier alpha value is -3.07. The molecule has 0 unspecified atom stereocenters. The van der Waals surface area contributed by atoms with Gasteiger partial charge in [0.25, 0.3) is 5.91 Å². The van der Waals surface area contributed by atoms with Gasteiger partial charge < -0.3 is 19.5 Å². The number of esters is 1. The topological polar surface area (TPSA) is 108 Å². The summed E-state index contributed by atoms with van der Waals surface area (Å²) in [4.78, 5) is 24.1. The minimum atomic E-state index is -3.59. The molecule has 2 aromatic rings. The van der Waals surface area contributed by atoms with E-state index in [4.69, 9.17) is 14.2 Å². The molecule has 0 fully saturated rings. The standard InChI is InChI=1S/C18H17NO7S/c1-2-27(22,23)16-6-4-3-5-13(16)18(21)24-10-17(20)19-12-7-8-14-15(9-12)26-11-25-14/h3-9H,2,10-11H2,1H3,(H,19,20). The van der Waals surface area contributed by atoms with Crippen molar-refractivity contribution in [3.8, 4) is 11.5 Å². The summed E-state index contributed by atoms with van der Waals surface area (Å²) in [5.41, 5.74) is 0.351. The van der Waals surface area contributed by atoms with Gasteiger partial charge in [0.05, 0.1) is 16.2 Å². The molecule has 1 aliphatic heterocycles. The average Bonchev–Trinajstić information content (AvgIpc) is 3.14. The van der Waals surface area contributed by atoms with E-state index in [2.05, 4.69) is 5.32 Å². The van der Waals surface area contributed by atoms with Gasteiger partial charge in [-0.05, 0) is 24.3 Å². The minimum absolute atomic E-state index is 0.102. The van der Waals surface area contributed by atoms with Crippen molar-refractivity contribution in [2.45, 2.75) is 11.8 Å². The maximum absolute atomic E-state index is 12.2. The van der Waals surface area contributed by atoms with Crippen molar-refractivity contribution in [1.82, 2.24) is 0 Å². The quantitative estimate of drug-likeness (QED) is 0.750. The summed E-state index contributed by atoms with van der Waals surface area (Å²) in [6.07, 6.45) is 0. The first kappa shape index (κ1) is 18.7. The highest BCUT2D eigenvalue weighted by atomic mass is 32.2. The molecule has 0 saturated heterocycles. The highest BCUT2D eigenvalue weighted by molar-refractivity contribution is 7.91. The second-order valence-electron chi connectivity index (χ2n) is 5.59. The van der Waals surface area contributed by atoms with E-state index < -0.39 is 28.3 Å². The maximum Gasteiger partial charge on any atom is 0.339 e. The van der Waals surface area contributed by atoms with E-state index in [-0.39, 0.29) is 23.0 Å². The van der Waals surface area contributed by atoms with Gasteiger partial charge in [-0.2, -0.15) is 0 Å². The molecule has 1 heterocycles. The Balaban J connectivity index is 1.63. The zero-order valence-electron chi connectivity index (χ0n) is 14.4. The van der Waals surface area contributed by atoms with Crippen LogP contribution in [-0.4, -0.2) is 39.4 Å². The number of sulfone groups is 1. The first-order chi connectivity index (χ1) is 12.9. The van der Waals surface area contributed by atoms with Gasteiger partial charge in [0.1, 0.15) is 0 Å². The minimum Gasteiger partial charge on any atom is -0.454 e. The zero-order chi connectivity index (χ0) is 19.4. The number of rotatable bonds is 6. The second kappa shape index (κ2) is 7.67. The number of hydrogen-bond donors (Lipinski definition) is 1. The Morgan fingerprint density at radius 2 is 1.85 bits per heavy atom. The van der Waals surface area contributed by atoms with E-state index in [0.717, 1.165) is 0 Å². The van der Waals surface area contributed by atoms with Crippen LogP contribution in [0.4, 0.5) is 5.69 Å². The summed E-state index contributed by atoms with van der Waals surface area (Å²) in [5, 5.41) is 2.56. The molecule has 27 heavy (non-hydrogen) atoms. The van der Waals surface area contributed by atoms with Gasteiger partial charge in [0, 0.05) is 11.8 Å².